The number of nitrogens with two attached hydrogens (primary N) is 1. The van der Waals surface area contributed by atoms with Crippen LogP contribution < -0.4 is 10.5 Å². The minimum Gasteiger partial charge on any atom is -0.435 e. The molecule has 2 rings (SSSR count). The molecule has 0 aliphatic carbocycles. The van der Waals surface area contributed by atoms with Gasteiger partial charge in [0.25, 0.3) is 0 Å². The Kier molecular flexibility index (Phi) is 3.62. The molecular weight excluding hydrogens is 240 g/mol. The lowest BCUT2D eigenvalue weighted by Gasteiger charge is -2.11. The molecule has 2 N–H and O–H groups in total. The zero-order valence-corrected chi connectivity index (χ0v) is 10.8. The van der Waals surface area contributed by atoms with Gasteiger partial charge in [-0.05, 0) is 31.5 Å². The first-order valence-corrected chi connectivity index (χ1v) is 5.94. The topological polar surface area (TPSA) is 84.8 Å². The summed E-state index contributed by atoms with van der Waals surface area (Å²) in [6, 6.07) is 7.25. The van der Waals surface area contributed by atoms with E-state index >= 15 is 0 Å². The van der Waals surface area contributed by atoms with Gasteiger partial charge in [0.1, 0.15) is 11.8 Å². The first kappa shape index (κ1) is 12.8. The molecule has 0 bridgehead atoms. The molecule has 96 valence electrons. The van der Waals surface area contributed by atoms with E-state index in [9.17, 15) is 0 Å². The van der Waals surface area contributed by atoms with E-state index in [2.05, 4.69) is 9.97 Å². The maximum atomic E-state index is 8.92. The number of nitriles is 1. The van der Waals surface area contributed by atoms with Gasteiger partial charge < -0.3 is 10.5 Å². The molecule has 0 aromatic carbocycles. The Labute approximate surface area is 111 Å². The van der Waals surface area contributed by atoms with Crippen LogP contribution in [0.1, 0.15) is 23.9 Å². The van der Waals surface area contributed by atoms with E-state index in [1.165, 1.54) is 6.20 Å². The minimum absolute atomic E-state index is 0.236. The largest absolute Gasteiger partial charge is 0.435 e. The predicted octanol–water partition coefficient (Wildman–Crippen LogP) is 2.59. The fourth-order valence-electron chi connectivity index (χ4n) is 1.68. The lowest BCUT2D eigenvalue weighted by molar-refractivity contribution is 0.456. The SMILES string of the molecule is CCc1nc(C)ccc1Oc1nccc(C#N)c1N. The first-order valence-electron chi connectivity index (χ1n) is 5.94. The maximum absolute atomic E-state index is 8.92. The third kappa shape index (κ3) is 2.63. The molecule has 5 nitrogen and oxygen atoms in total. The van der Waals surface area contributed by atoms with E-state index in [1.807, 2.05) is 32.0 Å². The predicted molar refractivity (Wildman–Crippen MR) is 71.8 cm³/mol. The highest BCUT2D eigenvalue weighted by Crippen LogP contribution is 2.29. The standard InChI is InChI=1S/C14H14N4O/c1-3-11-12(5-4-9(2)18-11)19-14-13(16)10(8-15)6-7-17-14/h4-7H,3,16H2,1-2H3. The van der Waals surface area contributed by atoms with E-state index in [0.717, 1.165) is 17.8 Å². The number of rotatable bonds is 3. The third-order valence-corrected chi connectivity index (χ3v) is 2.69. The molecular formula is C14H14N4O. The van der Waals surface area contributed by atoms with Crippen molar-refractivity contribution in [3.05, 3.63) is 41.3 Å². The van der Waals surface area contributed by atoms with E-state index < -0.39 is 0 Å². The van der Waals surface area contributed by atoms with Gasteiger partial charge in [-0.1, -0.05) is 6.92 Å². The van der Waals surface area contributed by atoms with Crippen molar-refractivity contribution in [2.45, 2.75) is 20.3 Å². The van der Waals surface area contributed by atoms with Crippen LogP contribution in [0.4, 0.5) is 5.69 Å². The molecule has 0 aliphatic rings. The monoisotopic (exact) mass is 254 g/mol. The summed E-state index contributed by atoms with van der Waals surface area (Å²) in [6.07, 6.45) is 2.24. The second kappa shape index (κ2) is 5.36. The van der Waals surface area contributed by atoms with Gasteiger partial charge in [-0.15, -0.1) is 0 Å². The van der Waals surface area contributed by atoms with Crippen LogP contribution in [0, 0.1) is 18.3 Å². The molecule has 0 aliphatic heterocycles. The Hall–Kier alpha value is -2.61. The molecule has 0 radical (unpaired) electrons. The molecule has 2 heterocycles. The normalized spacial score (nSPS) is 9.95. The van der Waals surface area contributed by atoms with Crippen LogP contribution in [0.15, 0.2) is 24.4 Å². The van der Waals surface area contributed by atoms with Crippen LogP contribution in [0.25, 0.3) is 0 Å². The van der Waals surface area contributed by atoms with Gasteiger partial charge in [0.2, 0.25) is 5.88 Å². The number of aryl methyl sites for hydroxylation is 2. The Morgan fingerprint density at radius 2 is 2.16 bits per heavy atom. The molecule has 2 aromatic rings. The van der Waals surface area contributed by atoms with Crippen LogP contribution in [0.5, 0.6) is 11.6 Å². The Morgan fingerprint density at radius 1 is 1.37 bits per heavy atom. The fourth-order valence-corrected chi connectivity index (χ4v) is 1.68. The zero-order valence-electron chi connectivity index (χ0n) is 10.8. The fraction of sp³-hybridized carbons (Fsp3) is 0.214. The smallest absolute Gasteiger partial charge is 0.244 e. The quantitative estimate of drug-likeness (QED) is 0.909. The molecule has 2 aromatic heterocycles. The number of pyridine rings is 2. The Balaban J connectivity index is 2.40. The number of aromatic nitrogens is 2. The van der Waals surface area contributed by atoms with Crippen LogP contribution in [-0.2, 0) is 6.42 Å². The van der Waals surface area contributed by atoms with Gasteiger partial charge in [0.15, 0.2) is 5.75 Å². The van der Waals surface area contributed by atoms with Gasteiger partial charge in [-0.2, -0.15) is 5.26 Å². The number of nitrogen functional groups attached to an aromatic ring is 1. The van der Waals surface area contributed by atoms with Crippen LogP contribution in [-0.4, -0.2) is 9.97 Å². The summed E-state index contributed by atoms with van der Waals surface area (Å²) in [6.45, 7) is 3.92. The van der Waals surface area contributed by atoms with E-state index in [0.29, 0.717) is 11.3 Å². The summed E-state index contributed by atoms with van der Waals surface area (Å²) < 4.78 is 5.68. The second-order valence-corrected chi connectivity index (χ2v) is 4.04. The van der Waals surface area contributed by atoms with Crippen molar-refractivity contribution in [3.63, 3.8) is 0 Å². The van der Waals surface area contributed by atoms with Crippen LogP contribution in [0.3, 0.4) is 0 Å². The van der Waals surface area contributed by atoms with E-state index in [1.54, 1.807) is 6.07 Å². The number of hydrogen-bond acceptors (Lipinski definition) is 5. The molecule has 5 heteroatoms. The highest BCUT2D eigenvalue weighted by molar-refractivity contribution is 5.60. The molecule has 0 atom stereocenters. The first-order chi connectivity index (χ1) is 9.15. The molecule has 0 fully saturated rings. The average molecular weight is 254 g/mol. The average Bonchev–Trinajstić information content (AvgIpc) is 2.42. The lowest BCUT2D eigenvalue weighted by atomic mass is 10.2. The summed E-state index contributed by atoms with van der Waals surface area (Å²) in [5.74, 6) is 0.849. The van der Waals surface area contributed by atoms with Crippen molar-refractivity contribution in [3.8, 4) is 17.7 Å². The summed E-state index contributed by atoms with van der Waals surface area (Å²) in [7, 11) is 0. The second-order valence-electron chi connectivity index (χ2n) is 4.04. The maximum Gasteiger partial charge on any atom is 0.244 e. The zero-order chi connectivity index (χ0) is 13.8. The molecule has 0 spiro atoms. The highest BCUT2D eigenvalue weighted by Gasteiger charge is 2.11. The Morgan fingerprint density at radius 3 is 2.84 bits per heavy atom. The number of ether oxygens (including phenoxy) is 1. The summed E-state index contributed by atoms with van der Waals surface area (Å²) in [5, 5.41) is 8.92. The van der Waals surface area contributed by atoms with Gasteiger partial charge in [-0.25, -0.2) is 4.98 Å². The van der Waals surface area contributed by atoms with Gasteiger partial charge >= 0.3 is 0 Å². The van der Waals surface area contributed by atoms with Gasteiger partial charge in [0.05, 0.1) is 11.3 Å². The molecule has 0 saturated heterocycles. The molecule has 0 unspecified atom stereocenters. The number of hydrogen-bond donors (Lipinski definition) is 1. The number of nitrogens with zero attached hydrogens (tertiary/aromatic N) is 3. The Bertz CT molecular complexity index is 646. The molecule has 0 saturated carbocycles. The highest BCUT2D eigenvalue weighted by atomic mass is 16.5. The molecule has 0 amide bonds. The van der Waals surface area contributed by atoms with Crippen molar-refractivity contribution in [1.82, 2.24) is 9.97 Å². The van der Waals surface area contributed by atoms with Crippen molar-refractivity contribution in [2.75, 3.05) is 5.73 Å². The summed E-state index contributed by atoms with van der Waals surface area (Å²) >= 11 is 0. The van der Waals surface area contributed by atoms with E-state index in [-0.39, 0.29) is 11.6 Å². The van der Waals surface area contributed by atoms with Crippen molar-refractivity contribution in [1.29, 1.82) is 5.26 Å². The lowest BCUT2D eigenvalue weighted by Crippen LogP contribution is -2.01. The molecule has 19 heavy (non-hydrogen) atoms. The van der Waals surface area contributed by atoms with Gasteiger partial charge in [0, 0.05) is 11.9 Å². The third-order valence-electron chi connectivity index (χ3n) is 2.69. The van der Waals surface area contributed by atoms with Crippen LogP contribution in [0.2, 0.25) is 0 Å². The van der Waals surface area contributed by atoms with Crippen LogP contribution >= 0.6 is 0 Å². The van der Waals surface area contributed by atoms with E-state index in [4.69, 9.17) is 15.7 Å². The van der Waals surface area contributed by atoms with Gasteiger partial charge in [-0.3, -0.25) is 4.98 Å². The van der Waals surface area contributed by atoms with Crippen molar-refractivity contribution < 1.29 is 4.74 Å². The summed E-state index contributed by atoms with van der Waals surface area (Å²) in [5.41, 5.74) is 8.19. The summed E-state index contributed by atoms with van der Waals surface area (Å²) in [4.78, 5) is 8.46. The van der Waals surface area contributed by atoms with Crippen molar-refractivity contribution in [2.24, 2.45) is 0 Å². The van der Waals surface area contributed by atoms with Crippen molar-refractivity contribution >= 4 is 5.69 Å². The number of anilines is 1. The minimum atomic E-state index is 0.236.